The summed E-state index contributed by atoms with van der Waals surface area (Å²) in [4.78, 5) is 14.9. The highest BCUT2D eigenvalue weighted by Crippen LogP contribution is 2.24. The minimum atomic E-state index is 0.188. The predicted octanol–water partition coefficient (Wildman–Crippen LogP) is 1.43. The van der Waals surface area contributed by atoms with Crippen molar-refractivity contribution < 1.29 is 4.74 Å². The van der Waals surface area contributed by atoms with Gasteiger partial charge in [0.2, 0.25) is 0 Å². The Kier molecular flexibility index (Phi) is 5.25. The van der Waals surface area contributed by atoms with Gasteiger partial charge in [0, 0.05) is 37.0 Å². The largest absolute Gasteiger partial charge is 0.380 e. The van der Waals surface area contributed by atoms with Crippen LogP contribution in [0.3, 0.4) is 0 Å². The molecule has 2 saturated heterocycles. The lowest BCUT2D eigenvalue weighted by atomic mass is 9.90. The topological polar surface area (TPSA) is 46.5 Å². The Morgan fingerprint density at radius 2 is 2.00 bits per heavy atom. The van der Waals surface area contributed by atoms with Crippen LogP contribution in [0.4, 0.5) is 0 Å². The van der Waals surface area contributed by atoms with E-state index in [-0.39, 0.29) is 5.56 Å². The van der Waals surface area contributed by atoms with E-state index in [1.165, 1.54) is 24.1 Å². The van der Waals surface area contributed by atoms with Crippen LogP contribution in [0.1, 0.15) is 36.9 Å². The number of likely N-dealkylation sites (tertiary alicyclic amines) is 1. The molecule has 0 aromatic carbocycles. The van der Waals surface area contributed by atoms with Crippen LogP contribution in [0.2, 0.25) is 0 Å². The van der Waals surface area contributed by atoms with Crippen molar-refractivity contribution in [2.75, 3.05) is 33.4 Å². The minimum Gasteiger partial charge on any atom is -0.380 e. The molecule has 5 nitrogen and oxygen atoms in total. The second kappa shape index (κ2) is 7.60. The normalized spacial score (nSPS) is 28.2. The number of nitrogens with zero attached hydrogens (tertiary/aromatic N) is 2. The molecular weight excluding hydrogens is 314 g/mol. The standard InChI is InChI=1S/C20H31N3O2/c1-22-9-6-15(7-10-22)13-23-19-4-3-17(21-18-8-11-25-14-18)12-16(19)2-5-20(23)24/h2,5,15,17-18,21H,3-4,6-14H2,1H3/t17-,18+/m1/s1. The highest BCUT2D eigenvalue weighted by Gasteiger charge is 2.26. The Morgan fingerprint density at radius 3 is 2.76 bits per heavy atom. The van der Waals surface area contributed by atoms with Crippen molar-refractivity contribution >= 4 is 0 Å². The van der Waals surface area contributed by atoms with Crippen LogP contribution < -0.4 is 10.9 Å². The summed E-state index contributed by atoms with van der Waals surface area (Å²) in [6.45, 7) is 4.95. The molecule has 3 aliphatic rings. The van der Waals surface area contributed by atoms with Crippen molar-refractivity contribution in [3.05, 3.63) is 33.7 Å². The first-order valence-electron chi connectivity index (χ1n) is 9.93. The van der Waals surface area contributed by atoms with Crippen LogP contribution in [0, 0.1) is 5.92 Å². The molecule has 0 unspecified atom stereocenters. The first-order valence-corrected chi connectivity index (χ1v) is 9.93. The molecule has 2 fully saturated rings. The van der Waals surface area contributed by atoms with Gasteiger partial charge in [-0.15, -0.1) is 0 Å². The van der Waals surface area contributed by atoms with Crippen molar-refractivity contribution in [3.8, 4) is 0 Å². The summed E-state index contributed by atoms with van der Waals surface area (Å²) in [5.74, 6) is 0.645. The van der Waals surface area contributed by atoms with E-state index in [1.54, 1.807) is 6.07 Å². The van der Waals surface area contributed by atoms with Crippen LogP contribution in [-0.2, 0) is 24.1 Å². The molecule has 1 aromatic heterocycles. The number of nitrogens with one attached hydrogen (secondary N) is 1. The van der Waals surface area contributed by atoms with Gasteiger partial charge in [-0.2, -0.15) is 0 Å². The number of hydrogen-bond acceptors (Lipinski definition) is 4. The number of aromatic nitrogens is 1. The van der Waals surface area contributed by atoms with E-state index in [1.807, 2.05) is 0 Å². The lowest BCUT2D eigenvalue weighted by Gasteiger charge is -2.32. The lowest BCUT2D eigenvalue weighted by Crippen LogP contribution is -2.43. The van der Waals surface area contributed by atoms with E-state index < -0.39 is 0 Å². The molecule has 1 aliphatic carbocycles. The summed E-state index contributed by atoms with van der Waals surface area (Å²) in [6, 6.07) is 4.89. The van der Waals surface area contributed by atoms with E-state index in [9.17, 15) is 4.79 Å². The molecule has 138 valence electrons. The fourth-order valence-corrected chi connectivity index (χ4v) is 4.67. The third kappa shape index (κ3) is 3.99. The molecule has 0 spiro atoms. The molecule has 3 heterocycles. The Morgan fingerprint density at radius 1 is 1.16 bits per heavy atom. The number of hydrogen-bond donors (Lipinski definition) is 1. The maximum atomic E-state index is 12.5. The minimum absolute atomic E-state index is 0.188. The second-order valence-corrected chi connectivity index (χ2v) is 8.17. The Bertz CT molecular complexity index is 643. The van der Waals surface area contributed by atoms with Crippen molar-refractivity contribution in [2.24, 2.45) is 5.92 Å². The number of piperidine rings is 1. The van der Waals surface area contributed by atoms with Gasteiger partial charge in [0.1, 0.15) is 0 Å². The third-order valence-electron chi connectivity index (χ3n) is 6.27. The molecule has 2 aliphatic heterocycles. The number of rotatable bonds is 4. The van der Waals surface area contributed by atoms with Crippen molar-refractivity contribution in [3.63, 3.8) is 0 Å². The molecule has 0 amide bonds. The number of pyridine rings is 1. The van der Waals surface area contributed by atoms with E-state index >= 15 is 0 Å². The van der Waals surface area contributed by atoms with Gasteiger partial charge in [-0.1, -0.05) is 6.07 Å². The summed E-state index contributed by atoms with van der Waals surface area (Å²) in [6.07, 6.45) is 6.72. The van der Waals surface area contributed by atoms with Crippen molar-refractivity contribution in [1.82, 2.24) is 14.8 Å². The quantitative estimate of drug-likeness (QED) is 0.897. The zero-order valence-corrected chi connectivity index (χ0v) is 15.4. The SMILES string of the molecule is CN1CCC(Cn2c3c(ccc2=O)C[C@H](N[C@H]2CCOC2)CC3)CC1. The maximum Gasteiger partial charge on any atom is 0.250 e. The first kappa shape index (κ1) is 17.3. The molecule has 1 aromatic rings. The van der Waals surface area contributed by atoms with Gasteiger partial charge >= 0.3 is 0 Å². The lowest BCUT2D eigenvalue weighted by molar-refractivity contribution is 0.187. The van der Waals surface area contributed by atoms with Gasteiger partial charge < -0.3 is 19.5 Å². The molecule has 5 heteroatoms. The highest BCUT2D eigenvalue weighted by atomic mass is 16.5. The zero-order chi connectivity index (χ0) is 17.2. The van der Waals surface area contributed by atoms with Crippen LogP contribution >= 0.6 is 0 Å². The van der Waals surface area contributed by atoms with Gasteiger partial charge in [0.05, 0.1) is 6.61 Å². The van der Waals surface area contributed by atoms with Crippen molar-refractivity contribution in [2.45, 2.75) is 57.2 Å². The molecule has 1 N–H and O–H groups in total. The Labute approximate surface area is 150 Å². The summed E-state index contributed by atoms with van der Waals surface area (Å²) in [5, 5.41) is 3.76. The Hall–Kier alpha value is -1.17. The monoisotopic (exact) mass is 345 g/mol. The molecule has 0 bridgehead atoms. The van der Waals surface area contributed by atoms with E-state index in [4.69, 9.17) is 4.74 Å². The van der Waals surface area contributed by atoms with E-state index in [0.29, 0.717) is 18.0 Å². The molecule has 25 heavy (non-hydrogen) atoms. The highest BCUT2D eigenvalue weighted by molar-refractivity contribution is 5.25. The van der Waals surface area contributed by atoms with E-state index in [0.717, 1.165) is 58.5 Å². The van der Waals surface area contributed by atoms with E-state index in [2.05, 4.69) is 27.9 Å². The number of fused-ring (bicyclic) bond motifs is 1. The molecule has 4 rings (SSSR count). The van der Waals surface area contributed by atoms with Crippen LogP contribution in [0.25, 0.3) is 0 Å². The zero-order valence-electron chi connectivity index (χ0n) is 15.4. The molecular formula is C20H31N3O2. The second-order valence-electron chi connectivity index (χ2n) is 8.17. The summed E-state index contributed by atoms with van der Waals surface area (Å²) in [7, 11) is 2.19. The maximum absolute atomic E-state index is 12.5. The fraction of sp³-hybridized carbons (Fsp3) is 0.750. The summed E-state index contributed by atoms with van der Waals surface area (Å²) in [5.41, 5.74) is 2.86. The molecule has 0 radical (unpaired) electrons. The predicted molar refractivity (Wildman–Crippen MR) is 99.1 cm³/mol. The average Bonchev–Trinajstić information content (AvgIpc) is 3.12. The van der Waals surface area contributed by atoms with Gasteiger partial charge in [0.25, 0.3) is 5.56 Å². The first-order chi connectivity index (χ1) is 12.2. The summed E-state index contributed by atoms with van der Waals surface area (Å²) < 4.78 is 7.58. The summed E-state index contributed by atoms with van der Waals surface area (Å²) >= 11 is 0. The van der Waals surface area contributed by atoms with Gasteiger partial charge in [-0.3, -0.25) is 4.79 Å². The molecule has 2 atom stereocenters. The average molecular weight is 345 g/mol. The third-order valence-corrected chi connectivity index (χ3v) is 6.27. The Balaban J connectivity index is 1.46. The van der Waals surface area contributed by atoms with Gasteiger partial charge in [-0.05, 0) is 70.1 Å². The smallest absolute Gasteiger partial charge is 0.250 e. The van der Waals surface area contributed by atoms with Crippen LogP contribution in [0.15, 0.2) is 16.9 Å². The van der Waals surface area contributed by atoms with Gasteiger partial charge in [-0.25, -0.2) is 0 Å². The molecule has 0 saturated carbocycles. The van der Waals surface area contributed by atoms with Crippen LogP contribution in [0.5, 0.6) is 0 Å². The van der Waals surface area contributed by atoms with Crippen molar-refractivity contribution in [1.29, 1.82) is 0 Å². The van der Waals surface area contributed by atoms with Crippen LogP contribution in [-0.4, -0.2) is 54.9 Å². The fourth-order valence-electron chi connectivity index (χ4n) is 4.67. The van der Waals surface area contributed by atoms with Gasteiger partial charge in [0.15, 0.2) is 0 Å². The number of ether oxygens (including phenoxy) is 1.